The lowest BCUT2D eigenvalue weighted by Crippen LogP contribution is -2.52. The monoisotopic (exact) mass is 183 g/mol. The minimum atomic E-state index is -0.598. The van der Waals surface area contributed by atoms with Crippen LogP contribution in [0.1, 0.15) is 40.0 Å². The van der Waals surface area contributed by atoms with Crippen LogP contribution in [0.5, 0.6) is 0 Å². The third kappa shape index (κ3) is 0.816. The fourth-order valence-corrected chi connectivity index (χ4v) is 3.73. The maximum Gasteiger partial charge on any atom is 0.0830 e. The quantitative estimate of drug-likeness (QED) is 0.647. The zero-order chi connectivity index (χ0) is 9.91. The van der Waals surface area contributed by atoms with Crippen molar-refractivity contribution in [2.24, 2.45) is 22.5 Å². The van der Waals surface area contributed by atoms with Crippen LogP contribution in [0.3, 0.4) is 0 Å². The first-order chi connectivity index (χ1) is 5.87. The summed E-state index contributed by atoms with van der Waals surface area (Å²) in [7, 11) is 0. The molecular formula is C11H21NO. The lowest BCUT2D eigenvalue weighted by Gasteiger charge is -2.44. The van der Waals surface area contributed by atoms with E-state index in [1.165, 1.54) is 6.42 Å². The Morgan fingerprint density at radius 1 is 1.38 bits per heavy atom. The topological polar surface area (TPSA) is 46.2 Å². The second-order valence-electron chi connectivity index (χ2n) is 5.73. The highest BCUT2D eigenvalue weighted by Gasteiger charge is 2.67. The molecule has 0 spiro atoms. The molecule has 0 saturated heterocycles. The van der Waals surface area contributed by atoms with E-state index in [1.807, 2.05) is 0 Å². The van der Waals surface area contributed by atoms with E-state index in [-0.39, 0.29) is 10.8 Å². The molecule has 0 aromatic rings. The highest BCUT2D eigenvalue weighted by atomic mass is 16.3. The number of hydrogen-bond donors (Lipinski definition) is 2. The van der Waals surface area contributed by atoms with Gasteiger partial charge in [0.05, 0.1) is 5.60 Å². The first-order valence-electron chi connectivity index (χ1n) is 5.30. The van der Waals surface area contributed by atoms with Crippen LogP contribution >= 0.6 is 0 Å². The average molecular weight is 183 g/mol. The first kappa shape index (κ1) is 9.47. The smallest absolute Gasteiger partial charge is 0.0830 e. The van der Waals surface area contributed by atoms with Gasteiger partial charge in [0.15, 0.2) is 0 Å². The van der Waals surface area contributed by atoms with E-state index >= 15 is 0 Å². The van der Waals surface area contributed by atoms with E-state index in [2.05, 4.69) is 20.8 Å². The van der Waals surface area contributed by atoms with Crippen molar-refractivity contribution in [1.82, 2.24) is 0 Å². The summed E-state index contributed by atoms with van der Waals surface area (Å²) in [6.07, 6.45) is 3.32. The van der Waals surface area contributed by atoms with Gasteiger partial charge in [-0.2, -0.15) is 0 Å². The van der Waals surface area contributed by atoms with Gasteiger partial charge in [-0.05, 0) is 30.6 Å². The molecule has 2 aliphatic rings. The van der Waals surface area contributed by atoms with Gasteiger partial charge in [0.1, 0.15) is 0 Å². The van der Waals surface area contributed by atoms with Crippen LogP contribution in [-0.2, 0) is 0 Å². The molecule has 0 heterocycles. The van der Waals surface area contributed by atoms with Gasteiger partial charge in [0, 0.05) is 12.0 Å². The molecule has 2 rings (SSSR count). The fourth-order valence-electron chi connectivity index (χ4n) is 3.73. The lowest BCUT2D eigenvalue weighted by atomic mass is 9.64. The molecule has 3 N–H and O–H groups in total. The molecule has 0 aromatic heterocycles. The summed E-state index contributed by atoms with van der Waals surface area (Å²) in [6.45, 7) is 7.22. The molecule has 0 aromatic carbocycles. The summed E-state index contributed by atoms with van der Waals surface area (Å²) in [4.78, 5) is 0. The summed E-state index contributed by atoms with van der Waals surface area (Å²) in [6, 6.07) is 0. The van der Waals surface area contributed by atoms with Crippen molar-refractivity contribution in [3.8, 4) is 0 Å². The molecule has 2 nitrogen and oxygen atoms in total. The van der Waals surface area contributed by atoms with Gasteiger partial charge in [-0.15, -0.1) is 0 Å². The molecule has 0 radical (unpaired) electrons. The molecule has 2 aliphatic carbocycles. The van der Waals surface area contributed by atoms with Crippen LogP contribution in [0.2, 0.25) is 0 Å². The normalized spacial score (nSPS) is 52.8. The minimum Gasteiger partial charge on any atom is -0.388 e. The Morgan fingerprint density at radius 2 is 2.00 bits per heavy atom. The van der Waals surface area contributed by atoms with Gasteiger partial charge in [0.25, 0.3) is 0 Å². The molecule has 1 unspecified atom stereocenters. The van der Waals surface area contributed by atoms with E-state index in [4.69, 9.17) is 5.73 Å². The lowest BCUT2D eigenvalue weighted by molar-refractivity contribution is -0.0816. The van der Waals surface area contributed by atoms with Crippen LogP contribution in [-0.4, -0.2) is 17.3 Å². The van der Waals surface area contributed by atoms with Crippen molar-refractivity contribution in [2.75, 3.05) is 6.54 Å². The molecule has 0 amide bonds. The number of nitrogens with two attached hydrogens (primary N) is 1. The van der Waals surface area contributed by atoms with Gasteiger partial charge < -0.3 is 10.8 Å². The van der Waals surface area contributed by atoms with Crippen LogP contribution in [0, 0.1) is 16.7 Å². The van der Waals surface area contributed by atoms with Crippen LogP contribution in [0.15, 0.2) is 0 Å². The molecule has 13 heavy (non-hydrogen) atoms. The zero-order valence-electron chi connectivity index (χ0n) is 8.93. The van der Waals surface area contributed by atoms with Crippen LogP contribution in [0.25, 0.3) is 0 Å². The molecule has 3 atom stereocenters. The molecule has 2 bridgehead atoms. The van der Waals surface area contributed by atoms with Crippen molar-refractivity contribution in [3.05, 3.63) is 0 Å². The van der Waals surface area contributed by atoms with E-state index in [0.29, 0.717) is 12.5 Å². The van der Waals surface area contributed by atoms with E-state index in [9.17, 15) is 5.11 Å². The van der Waals surface area contributed by atoms with Crippen LogP contribution < -0.4 is 5.73 Å². The fraction of sp³-hybridized carbons (Fsp3) is 1.00. The number of rotatable bonds is 1. The Kier molecular flexibility index (Phi) is 1.67. The Hall–Kier alpha value is -0.0800. The highest BCUT2D eigenvalue weighted by Crippen LogP contribution is 2.69. The Bertz CT molecular complexity index is 238. The second-order valence-corrected chi connectivity index (χ2v) is 5.73. The number of fused-ring (bicyclic) bond motifs is 2. The van der Waals surface area contributed by atoms with E-state index in [1.54, 1.807) is 0 Å². The largest absolute Gasteiger partial charge is 0.388 e. The Labute approximate surface area is 80.5 Å². The van der Waals surface area contributed by atoms with E-state index in [0.717, 1.165) is 12.8 Å². The van der Waals surface area contributed by atoms with Gasteiger partial charge in [0.2, 0.25) is 0 Å². The van der Waals surface area contributed by atoms with Crippen molar-refractivity contribution in [1.29, 1.82) is 0 Å². The summed E-state index contributed by atoms with van der Waals surface area (Å²) < 4.78 is 0. The predicted molar refractivity (Wildman–Crippen MR) is 53.2 cm³/mol. The van der Waals surface area contributed by atoms with Gasteiger partial charge in [-0.1, -0.05) is 20.8 Å². The minimum absolute atomic E-state index is 0.0411. The van der Waals surface area contributed by atoms with Gasteiger partial charge in [-0.3, -0.25) is 0 Å². The highest BCUT2D eigenvalue weighted by molar-refractivity contribution is 5.18. The van der Waals surface area contributed by atoms with Crippen molar-refractivity contribution in [2.45, 2.75) is 45.6 Å². The Morgan fingerprint density at radius 3 is 2.23 bits per heavy atom. The summed E-state index contributed by atoms with van der Waals surface area (Å²) in [5.41, 5.74) is 5.42. The average Bonchev–Trinajstić information content (AvgIpc) is 2.36. The molecule has 0 aliphatic heterocycles. The third-order valence-corrected chi connectivity index (χ3v) is 5.38. The summed E-state index contributed by atoms with van der Waals surface area (Å²) in [5.74, 6) is 0.672. The third-order valence-electron chi connectivity index (χ3n) is 5.38. The Balaban J connectivity index is 2.44. The van der Waals surface area contributed by atoms with Crippen molar-refractivity contribution in [3.63, 3.8) is 0 Å². The van der Waals surface area contributed by atoms with Gasteiger partial charge >= 0.3 is 0 Å². The van der Waals surface area contributed by atoms with Crippen LogP contribution in [0.4, 0.5) is 0 Å². The van der Waals surface area contributed by atoms with Crippen molar-refractivity contribution < 1.29 is 5.11 Å². The molecule has 76 valence electrons. The molecule has 2 saturated carbocycles. The molecule has 2 heteroatoms. The SMILES string of the molecule is CC1(C)C2CC[C@@]1(C)[C@](O)(CN)C2. The van der Waals surface area contributed by atoms with Crippen molar-refractivity contribution >= 4 is 0 Å². The summed E-state index contributed by atoms with van der Waals surface area (Å²) >= 11 is 0. The standard InChI is InChI=1S/C11H21NO/c1-9(2)8-4-5-10(9,3)11(13,6-8)7-12/h8,13H,4-7,12H2,1-3H3/t8?,10-,11-/m1/s1. The predicted octanol–water partition coefficient (Wildman–Crippen LogP) is 1.52. The molecule has 2 fully saturated rings. The number of hydrogen-bond acceptors (Lipinski definition) is 2. The van der Waals surface area contributed by atoms with Gasteiger partial charge in [-0.25, -0.2) is 0 Å². The summed E-state index contributed by atoms with van der Waals surface area (Å²) in [5, 5.41) is 10.5. The van der Waals surface area contributed by atoms with E-state index < -0.39 is 5.60 Å². The maximum absolute atomic E-state index is 10.5. The second kappa shape index (κ2) is 2.29. The maximum atomic E-state index is 10.5. The first-order valence-corrected chi connectivity index (χ1v) is 5.30. The zero-order valence-corrected chi connectivity index (χ0v) is 8.93. The number of aliphatic hydroxyl groups is 1. The molecular weight excluding hydrogens is 162 g/mol.